The van der Waals surface area contributed by atoms with E-state index < -0.39 is 50.4 Å². The van der Waals surface area contributed by atoms with Crippen molar-refractivity contribution in [3.05, 3.63) is 42.5 Å². The van der Waals surface area contributed by atoms with E-state index in [1.54, 1.807) is 18.2 Å². The zero-order valence-corrected chi connectivity index (χ0v) is 16.0. The highest BCUT2D eigenvalue weighted by Gasteiger charge is 2.32. The summed E-state index contributed by atoms with van der Waals surface area (Å²) in [6.45, 7) is 0. The summed E-state index contributed by atoms with van der Waals surface area (Å²) in [5.74, 6) is 0. The Morgan fingerprint density at radius 1 is 0.536 bits per heavy atom. The van der Waals surface area contributed by atoms with E-state index in [9.17, 15) is 38.9 Å². The molecule has 0 aliphatic heterocycles. The first-order valence-electron chi connectivity index (χ1n) is 7.47. The molecule has 146 valence electrons. The SMILES string of the molecule is O=S(=O)(O)c1cc2ccc3cccc4cc(S(=O)(=O)O)c(c1S(=O)(=O)O)c2c34. The molecule has 0 amide bonds. The van der Waals surface area contributed by atoms with Crippen molar-refractivity contribution in [3.8, 4) is 0 Å². The van der Waals surface area contributed by atoms with E-state index in [0.29, 0.717) is 16.2 Å². The predicted molar refractivity (Wildman–Crippen MR) is 99.6 cm³/mol. The third-order valence-electron chi connectivity index (χ3n) is 4.44. The first kappa shape index (κ1) is 19.0. The third kappa shape index (κ3) is 2.73. The van der Waals surface area contributed by atoms with Gasteiger partial charge in [-0.3, -0.25) is 13.7 Å². The average molecular weight is 442 g/mol. The molecule has 0 aromatic heterocycles. The van der Waals surface area contributed by atoms with E-state index in [1.807, 2.05) is 0 Å². The summed E-state index contributed by atoms with van der Waals surface area (Å²) >= 11 is 0. The van der Waals surface area contributed by atoms with Crippen molar-refractivity contribution in [1.29, 1.82) is 0 Å². The summed E-state index contributed by atoms with van der Waals surface area (Å²) in [5.41, 5.74) is 0. The quantitative estimate of drug-likeness (QED) is 0.319. The lowest BCUT2D eigenvalue weighted by Gasteiger charge is -2.17. The van der Waals surface area contributed by atoms with Gasteiger partial charge >= 0.3 is 0 Å². The van der Waals surface area contributed by atoms with Crippen molar-refractivity contribution in [2.75, 3.05) is 0 Å². The van der Waals surface area contributed by atoms with Gasteiger partial charge in [0.05, 0.1) is 0 Å². The molecule has 0 atom stereocenters. The molecule has 0 spiro atoms. The van der Waals surface area contributed by atoms with Crippen molar-refractivity contribution in [1.82, 2.24) is 0 Å². The van der Waals surface area contributed by atoms with Gasteiger partial charge in [-0.25, -0.2) is 0 Å². The van der Waals surface area contributed by atoms with Gasteiger partial charge in [0.1, 0.15) is 14.7 Å². The summed E-state index contributed by atoms with van der Waals surface area (Å²) in [6, 6.07) is 9.60. The van der Waals surface area contributed by atoms with Crippen LogP contribution in [0.4, 0.5) is 0 Å². The Balaban J connectivity index is 2.54. The maximum Gasteiger partial charge on any atom is 0.296 e. The van der Waals surface area contributed by atoms with Crippen LogP contribution in [0.1, 0.15) is 0 Å². The first-order chi connectivity index (χ1) is 12.8. The van der Waals surface area contributed by atoms with E-state index in [1.165, 1.54) is 12.1 Å². The normalized spacial score (nSPS) is 13.7. The maximum absolute atomic E-state index is 12.0. The van der Waals surface area contributed by atoms with Gasteiger partial charge in [-0.15, -0.1) is 0 Å². The maximum atomic E-state index is 12.0. The van der Waals surface area contributed by atoms with Crippen LogP contribution >= 0.6 is 0 Å². The minimum Gasteiger partial charge on any atom is -0.282 e. The summed E-state index contributed by atoms with van der Waals surface area (Å²) in [4.78, 5) is -3.44. The molecule has 0 fully saturated rings. The number of benzene rings is 4. The second kappa shape index (κ2) is 5.59. The summed E-state index contributed by atoms with van der Waals surface area (Å²) in [5, 5.41) is 0.683. The van der Waals surface area contributed by atoms with Crippen LogP contribution in [-0.4, -0.2) is 38.9 Å². The summed E-state index contributed by atoms with van der Waals surface area (Å²) in [6.07, 6.45) is 0. The van der Waals surface area contributed by atoms with Crippen LogP contribution in [0, 0.1) is 0 Å². The Kier molecular flexibility index (Phi) is 3.79. The van der Waals surface area contributed by atoms with Crippen molar-refractivity contribution in [3.63, 3.8) is 0 Å². The van der Waals surface area contributed by atoms with Gasteiger partial charge < -0.3 is 0 Å². The smallest absolute Gasteiger partial charge is 0.282 e. The van der Waals surface area contributed by atoms with Crippen LogP contribution < -0.4 is 0 Å². The Morgan fingerprint density at radius 2 is 1.04 bits per heavy atom. The van der Waals surface area contributed by atoms with Gasteiger partial charge in [-0.1, -0.05) is 30.3 Å². The van der Waals surface area contributed by atoms with Crippen molar-refractivity contribution >= 4 is 62.7 Å². The molecule has 4 aromatic carbocycles. The van der Waals surface area contributed by atoms with Gasteiger partial charge in [0, 0.05) is 10.8 Å². The number of rotatable bonds is 3. The molecule has 0 saturated carbocycles. The van der Waals surface area contributed by atoms with Gasteiger partial charge in [0.25, 0.3) is 30.4 Å². The van der Waals surface area contributed by atoms with Crippen LogP contribution in [0.15, 0.2) is 57.2 Å². The van der Waals surface area contributed by atoms with Crippen molar-refractivity contribution in [2.45, 2.75) is 14.7 Å². The molecule has 4 aromatic rings. The highest BCUT2D eigenvalue weighted by atomic mass is 32.2. The Hall–Kier alpha value is -2.35. The fourth-order valence-corrected chi connectivity index (χ4v) is 6.31. The van der Waals surface area contributed by atoms with Crippen LogP contribution in [0.5, 0.6) is 0 Å². The lowest BCUT2D eigenvalue weighted by molar-refractivity contribution is 0.467. The molecule has 9 nitrogen and oxygen atoms in total. The Labute approximate surface area is 158 Å². The molecular weight excluding hydrogens is 432 g/mol. The molecule has 4 rings (SSSR count). The number of hydrogen-bond acceptors (Lipinski definition) is 6. The first-order valence-corrected chi connectivity index (χ1v) is 11.8. The van der Waals surface area contributed by atoms with Crippen molar-refractivity contribution in [2.24, 2.45) is 0 Å². The lowest BCUT2D eigenvalue weighted by Crippen LogP contribution is -2.12. The van der Waals surface area contributed by atoms with E-state index in [4.69, 9.17) is 0 Å². The van der Waals surface area contributed by atoms with Crippen molar-refractivity contribution < 1.29 is 38.9 Å². The topological polar surface area (TPSA) is 163 Å². The van der Waals surface area contributed by atoms with E-state index in [-0.39, 0.29) is 10.8 Å². The standard InChI is InChI=1S/C16H10O9S3/c17-26(18,19)11-6-9-3-1-2-8-4-5-10-7-12(27(20,21)22)16(28(23,24)25)15(11)14(10)13(8)9/h1-7H,(H,17,18,19)(H,20,21,22)(H,23,24,25). The highest BCUT2D eigenvalue weighted by molar-refractivity contribution is 7.89. The van der Waals surface area contributed by atoms with Gasteiger partial charge in [-0.05, 0) is 33.7 Å². The average Bonchev–Trinajstić information content (AvgIpc) is 2.55. The second-order valence-electron chi connectivity index (χ2n) is 6.12. The predicted octanol–water partition coefficient (Wildman–Crippen LogP) is 2.32. The minimum atomic E-state index is -5.34. The fourth-order valence-electron chi connectivity index (χ4n) is 3.48. The molecule has 0 unspecified atom stereocenters. The van der Waals surface area contributed by atoms with Crippen LogP contribution in [-0.2, 0) is 30.4 Å². The van der Waals surface area contributed by atoms with Crippen LogP contribution in [0.25, 0.3) is 32.3 Å². The van der Waals surface area contributed by atoms with Gasteiger partial charge in [0.2, 0.25) is 0 Å². The van der Waals surface area contributed by atoms with Gasteiger partial charge in [0.15, 0.2) is 0 Å². The van der Waals surface area contributed by atoms with Gasteiger partial charge in [-0.2, -0.15) is 25.3 Å². The van der Waals surface area contributed by atoms with E-state index >= 15 is 0 Å². The fraction of sp³-hybridized carbons (Fsp3) is 0. The Morgan fingerprint density at radius 3 is 1.61 bits per heavy atom. The van der Waals surface area contributed by atoms with E-state index in [2.05, 4.69) is 0 Å². The van der Waals surface area contributed by atoms with E-state index in [0.717, 1.165) is 12.1 Å². The monoisotopic (exact) mass is 442 g/mol. The molecule has 0 aliphatic carbocycles. The molecule has 0 bridgehead atoms. The zero-order valence-electron chi connectivity index (χ0n) is 13.6. The molecule has 0 aliphatic rings. The molecule has 12 heteroatoms. The highest BCUT2D eigenvalue weighted by Crippen LogP contribution is 2.43. The summed E-state index contributed by atoms with van der Waals surface area (Å²) < 4.78 is 100. The van der Waals surface area contributed by atoms with Crippen LogP contribution in [0.3, 0.4) is 0 Å². The molecular formula is C16H10O9S3. The molecule has 0 radical (unpaired) electrons. The molecule has 3 N–H and O–H groups in total. The third-order valence-corrected chi connectivity index (χ3v) is 7.27. The summed E-state index contributed by atoms with van der Waals surface area (Å²) in [7, 11) is -15.6. The minimum absolute atomic E-state index is 0.00301. The Bertz CT molecular complexity index is 1620. The van der Waals surface area contributed by atoms with Crippen LogP contribution in [0.2, 0.25) is 0 Å². The molecule has 0 heterocycles. The number of hydrogen-bond donors (Lipinski definition) is 3. The lowest BCUT2D eigenvalue weighted by atomic mass is 9.94. The largest absolute Gasteiger partial charge is 0.296 e. The second-order valence-corrected chi connectivity index (χ2v) is 10.3. The molecule has 0 saturated heterocycles. The zero-order chi connectivity index (χ0) is 20.6. The molecule has 28 heavy (non-hydrogen) atoms.